The number of rotatable bonds is 0. The molecule has 1 saturated carbocycles. The first-order chi connectivity index (χ1) is 7.27. The van der Waals surface area contributed by atoms with Crippen LogP contribution in [0.3, 0.4) is 0 Å². The predicted octanol–water partition coefficient (Wildman–Crippen LogP) is 1.99. The van der Waals surface area contributed by atoms with Crippen molar-refractivity contribution in [3.05, 3.63) is 0 Å². The Balaban J connectivity index is 2.38. The van der Waals surface area contributed by atoms with Crippen molar-refractivity contribution in [3.8, 4) is 0 Å². The third kappa shape index (κ3) is 1.51. The molecule has 1 heterocycles. The van der Waals surface area contributed by atoms with E-state index in [2.05, 4.69) is 25.8 Å². The number of carbonyl (C=O) groups is 1. The number of nitrogens with two attached hydrogens (primary N) is 1. The first kappa shape index (κ1) is 11.4. The summed E-state index contributed by atoms with van der Waals surface area (Å²) in [4.78, 5) is 17.3. The van der Waals surface area contributed by atoms with Gasteiger partial charge in [0.2, 0.25) is 0 Å². The maximum atomic E-state index is 11.6. The number of amidine groups is 1. The van der Waals surface area contributed by atoms with Crippen molar-refractivity contribution >= 4 is 11.9 Å². The number of hydrogen-bond acceptors (Lipinski definition) is 2. The second-order valence-corrected chi connectivity index (χ2v) is 6.22. The largest absolute Gasteiger partial charge is 0.385 e. The van der Waals surface area contributed by atoms with Gasteiger partial charge >= 0.3 is 6.03 Å². The second-order valence-electron chi connectivity index (χ2n) is 6.22. The van der Waals surface area contributed by atoms with E-state index in [4.69, 9.17) is 5.73 Å². The van der Waals surface area contributed by atoms with E-state index in [0.29, 0.717) is 11.8 Å². The van der Waals surface area contributed by atoms with Crippen molar-refractivity contribution in [2.75, 3.05) is 7.05 Å². The summed E-state index contributed by atoms with van der Waals surface area (Å²) in [6.45, 7) is 6.72. The van der Waals surface area contributed by atoms with Gasteiger partial charge in [0.25, 0.3) is 0 Å². The number of nitrogens with zero attached hydrogens (tertiary/aromatic N) is 2. The Hall–Kier alpha value is -1.06. The Bertz CT molecular complexity index is 361. The van der Waals surface area contributed by atoms with E-state index in [9.17, 15) is 4.79 Å². The highest BCUT2D eigenvalue weighted by Gasteiger charge is 2.52. The number of urea groups is 1. The summed E-state index contributed by atoms with van der Waals surface area (Å²) in [5.74, 6) is 1.09. The molecule has 1 aliphatic heterocycles. The highest BCUT2D eigenvalue weighted by Crippen LogP contribution is 2.47. The first-order valence-electron chi connectivity index (χ1n) is 5.89. The van der Waals surface area contributed by atoms with Crippen LogP contribution in [0.25, 0.3) is 0 Å². The van der Waals surface area contributed by atoms with Gasteiger partial charge in [-0.1, -0.05) is 20.8 Å². The van der Waals surface area contributed by atoms with Crippen LogP contribution in [0.4, 0.5) is 4.79 Å². The van der Waals surface area contributed by atoms with Crippen LogP contribution in [0.1, 0.15) is 40.0 Å². The molecule has 0 aromatic carbocycles. The standard InChI is InChI=1S/C12H21N3O/c1-8-5-11(2,3)7-12(6-8)9(13)14-10(16)15(12)4/h8H,5-7H2,1-4H3,(H2,13,14,16). The van der Waals surface area contributed by atoms with Gasteiger partial charge in [0.15, 0.2) is 0 Å². The third-order valence-corrected chi connectivity index (χ3v) is 3.98. The van der Waals surface area contributed by atoms with Crippen molar-refractivity contribution in [2.24, 2.45) is 22.1 Å². The molecule has 2 N–H and O–H groups in total. The lowest BCUT2D eigenvalue weighted by molar-refractivity contribution is 0.0715. The zero-order valence-corrected chi connectivity index (χ0v) is 10.6. The summed E-state index contributed by atoms with van der Waals surface area (Å²) >= 11 is 0. The molecule has 2 rings (SSSR count). The minimum Gasteiger partial charge on any atom is -0.385 e. The molecule has 0 radical (unpaired) electrons. The maximum absolute atomic E-state index is 11.6. The van der Waals surface area contributed by atoms with E-state index >= 15 is 0 Å². The molecular weight excluding hydrogens is 202 g/mol. The molecule has 2 amide bonds. The maximum Gasteiger partial charge on any atom is 0.345 e. The highest BCUT2D eigenvalue weighted by atomic mass is 16.2. The molecule has 4 heteroatoms. The van der Waals surface area contributed by atoms with Gasteiger partial charge in [-0.05, 0) is 30.6 Å². The Morgan fingerprint density at radius 1 is 1.44 bits per heavy atom. The fourth-order valence-corrected chi connectivity index (χ4v) is 3.62. The minimum absolute atomic E-state index is 0.192. The number of amides is 2. The van der Waals surface area contributed by atoms with Crippen LogP contribution in [-0.4, -0.2) is 29.4 Å². The summed E-state index contributed by atoms with van der Waals surface area (Å²) in [6, 6.07) is -0.192. The summed E-state index contributed by atoms with van der Waals surface area (Å²) in [6.07, 6.45) is 3.04. The Morgan fingerprint density at radius 3 is 2.50 bits per heavy atom. The van der Waals surface area contributed by atoms with Crippen LogP contribution in [0.5, 0.6) is 0 Å². The average molecular weight is 223 g/mol. The molecule has 1 spiro atoms. The topological polar surface area (TPSA) is 58.7 Å². The number of likely N-dealkylation sites (N-methyl/N-ethyl adjacent to an activating group) is 1. The van der Waals surface area contributed by atoms with Gasteiger partial charge in [0, 0.05) is 7.05 Å². The number of carbonyl (C=O) groups excluding carboxylic acids is 1. The van der Waals surface area contributed by atoms with Crippen LogP contribution >= 0.6 is 0 Å². The monoisotopic (exact) mass is 223 g/mol. The predicted molar refractivity (Wildman–Crippen MR) is 64.3 cm³/mol. The van der Waals surface area contributed by atoms with Crippen LogP contribution in [-0.2, 0) is 0 Å². The van der Waals surface area contributed by atoms with E-state index in [1.165, 1.54) is 6.42 Å². The number of aliphatic imine (C=N–C) groups is 1. The van der Waals surface area contributed by atoms with Gasteiger partial charge < -0.3 is 10.6 Å². The van der Waals surface area contributed by atoms with Gasteiger partial charge in [-0.25, -0.2) is 4.79 Å². The van der Waals surface area contributed by atoms with Crippen molar-refractivity contribution in [3.63, 3.8) is 0 Å². The number of hydrogen-bond donors (Lipinski definition) is 1. The highest BCUT2D eigenvalue weighted by molar-refractivity contribution is 6.05. The molecule has 0 saturated heterocycles. The molecule has 1 fully saturated rings. The van der Waals surface area contributed by atoms with Crippen LogP contribution in [0.15, 0.2) is 4.99 Å². The lowest BCUT2D eigenvalue weighted by Gasteiger charge is -2.48. The van der Waals surface area contributed by atoms with Crippen LogP contribution < -0.4 is 5.73 Å². The van der Waals surface area contributed by atoms with Gasteiger partial charge in [0.1, 0.15) is 11.4 Å². The summed E-state index contributed by atoms with van der Waals surface area (Å²) < 4.78 is 0. The molecule has 16 heavy (non-hydrogen) atoms. The smallest absolute Gasteiger partial charge is 0.345 e. The molecule has 2 aliphatic rings. The van der Waals surface area contributed by atoms with E-state index in [1.54, 1.807) is 4.90 Å². The lowest BCUT2D eigenvalue weighted by Crippen LogP contribution is -2.58. The normalized spacial score (nSPS) is 38.0. The van der Waals surface area contributed by atoms with E-state index < -0.39 is 0 Å². The van der Waals surface area contributed by atoms with Crippen molar-refractivity contribution in [1.29, 1.82) is 0 Å². The third-order valence-electron chi connectivity index (χ3n) is 3.98. The van der Waals surface area contributed by atoms with Gasteiger partial charge in [-0.2, -0.15) is 4.99 Å². The second kappa shape index (κ2) is 3.22. The molecule has 2 atom stereocenters. The Morgan fingerprint density at radius 2 is 2.06 bits per heavy atom. The molecule has 0 aromatic heterocycles. The van der Waals surface area contributed by atoms with E-state index in [-0.39, 0.29) is 17.0 Å². The summed E-state index contributed by atoms with van der Waals surface area (Å²) in [5.41, 5.74) is 5.89. The molecule has 0 aromatic rings. The zero-order valence-electron chi connectivity index (χ0n) is 10.6. The van der Waals surface area contributed by atoms with Gasteiger partial charge in [0.05, 0.1) is 0 Å². The molecule has 1 aliphatic carbocycles. The van der Waals surface area contributed by atoms with E-state index in [0.717, 1.165) is 12.8 Å². The quantitative estimate of drug-likeness (QED) is 0.682. The summed E-state index contributed by atoms with van der Waals surface area (Å²) in [5, 5.41) is 0. The molecule has 0 bridgehead atoms. The molecule has 4 nitrogen and oxygen atoms in total. The summed E-state index contributed by atoms with van der Waals surface area (Å²) in [7, 11) is 1.82. The zero-order chi connectivity index (χ0) is 12.1. The van der Waals surface area contributed by atoms with Crippen LogP contribution in [0, 0.1) is 11.3 Å². The molecular formula is C12H21N3O. The SMILES string of the molecule is CC1CC(C)(C)CC2(C1)C(N)=NC(=O)N2C. The minimum atomic E-state index is -0.321. The fraction of sp³-hybridized carbons (Fsp3) is 0.833. The lowest BCUT2D eigenvalue weighted by atomic mass is 9.63. The van der Waals surface area contributed by atoms with Crippen molar-refractivity contribution < 1.29 is 4.79 Å². The van der Waals surface area contributed by atoms with Gasteiger partial charge in [-0.3, -0.25) is 0 Å². The Kier molecular flexibility index (Phi) is 2.30. The van der Waals surface area contributed by atoms with Crippen molar-refractivity contribution in [2.45, 2.75) is 45.6 Å². The van der Waals surface area contributed by atoms with Crippen molar-refractivity contribution in [1.82, 2.24) is 4.90 Å². The average Bonchev–Trinajstić information content (AvgIpc) is 2.28. The van der Waals surface area contributed by atoms with E-state index in [1.807, 2.05) is 7.05 Å². The fourth-order valence-electron chi connectivity index (χ4n) is 3.62. The molecule has 2 unspecified atom stereocenters. The van der Waals surface area contributed by atoms with Crippen LogP contribution in [0.2, 0.25) is 0 Å². The molecule has 90 valence electrons. The Labute approximate surface area is 96.9 Å². The van der Waals surface area contributed by atoms with Gasteiger partial charge in [-0.15, -0.1) is 0 Å². The first-order valence-corrected chi connectivity index (χ1v) is 5.89.